The molecule has 2 aromatic heterocycles. The van der Waals surface area contributed by atoms with Gasteiger partial charge in [0.2, 0.25) is 0 Å². The summed E-state index contributed by atoms with van der Waals surface area (Å²) >= 11 is 6.12. The Bertz CT molecular complexity index is 1470. The van der Waals surface area contributed by atoms with Gasteiger partial charge in [0.25, 0.3) is 0 Å². The molecule has 0 N–H and O–H groups in total. The summed E-state index contributed by atoms with van der Waals surface area (Å²) in [5, 5.41) is 0.329. The second kappa shape index (κ2) is 11.0. The minimum Gasteiger partial charge on any atom is -0.443 e. The molecule has 0 aliphatic heterocycles. The molecule has 202 valence electrons. The first-order valence-corrected chi connectivity index (χ1v) is 12.9. The average molecular weight is 547 g/mol. The van der Waals surface area contributed by atoms with E-state index >= 15 is 0 Å². The van der Waals surface area contributed by atoms with Crippen LogP contribution in [0.1, 0.15) is 47.1 Å². The molecule has 0 unspecified atom stereocenters. The molecule has 0 spiro atoms. The smallest absolute Gasteiger partial charge is 0.420 e. The van der Waals surface area contributed by atoms with Crippen LogP contribution >= 0.6 is 11.6 Å². The van der Waals surface area contributed by atoms with Gasteiger partial charge in [-0.1, -0.05) is 66.2 Å². The maximum atomic E-state index is 12.9. The van der Waals surface area contributed by atoms with Crippen LogP contribution in [-0.4, -0.2) is 43.2 Å². The monoisotopic (exact) mass is 546 g/mol. The number of amides is 2. The summed E-state index contributed by atoms with van der Waals surface area (Å²) in [4.78, 5) is 40.7. The predicted octanol–water partition coefficient (Wildman–Crippen LogP) is 7.68. The Labute approximate surface area is 233 Å². The fourth-order valence-corrected chi connectivity index (χ4v) is 3.85. The maximum Gasteiger partial charge on any atom is 0.420 e. The molecular weight excluding hydrogens is 516 g/mol. The van der Waals surface area contributed by atoms with Gasteiger partial charge in [-0.25, -0.2) is 29.4 Å². The van der Waals surface area contributed by atoms with E-state index in [1.54, 1.807) is 53.7 Å². The lowest BCUT2D eigenvalue weighted by Gasteiger charge is -2.28. The molecule has 4 rings (SSSR count). The van der Waals surface area contributed by atoms with Gasteiger partial charge in [0.15, 0.2) is 5.65 Å². The van der Waals surface area contributed by atoms with Gasteiger partial charge in [0.1, 0.15) is 21.9 Å². The first-order chi connectivity index (χ1) is 18.3. The van der Waals surface area contributed by atoms with Crippen molar-refractivity contribution in [3.63, 3.8) is 0 Å². The standard InChI is InChI=1S/C30H31ClN4O4/c1-29(2,3)38-27(36)35(28(37)39-30(4,5)6)18-19-12-14-21(15-13-19)25-24(20-10-8-7-9-11-20)32-22-16-17-23(31)33-26(22)34-25/h7-17H,18H2,1-6H3. The lowest BCUT2D eigenvalue weighted by molar-refractivity contribution is -0.000249. The number of hydrogen-bond acceptors (Lipinski definition) is 7. The zero-order valence-corrected chi connectivity index (χ0v) is 23.6. The van der Waals surface area contributed by atoms with E-state index in [0.717, 1.165) is 16.0 Å². The molecule has 0 aliphatic carbocycles. The molecule has 9 heteroatoms. The fourth-order valence-electron chi connectivity index (χ4n) is 3.71. The second-order valence-corrected chi connectivity index (χ2v) is 11.4. The van der Waals surface area contributed by atoms with Crippen LogP contribution in [0.2, 0.25) is 5.15 Å². The number of carbonyl (C=O) groups is 2. The van der Waals surface area contributed by atoms with Gasteiger partial charge in [-0.2, -0.15) is 0 Å². The minimum atomic E-state index is -0.782. The number of ether oxygens (including phenoxy) is 2. The highest BCUT2D eigenvalue weighted by Gasteiger charge is 2.31. The summed E-state index contributed by atoms with van der Waals surface area (Å²) in [5.74, 6) is 0. The van der Waals surface area contributed by atoms with Gasteiger partial charge in [0, 0.05) is 11.1 Å². The number of halogens is 1. The number of benzene rings is 2. The average Bonchev–Trinajstić information content (AvgIpc) is 2.85. The molecule has 8 nitrogen and oxygen atoms in total. The van der Waals surface area contributed by atoms with Crippen LogP contribution in [0.4, 0.5) is 9.59 Å². The number of imide groups is 1. The lowest BCUT2D eigenvalue weighted by atomic mass is 10.0. The van der Waals surface area contributed by atoms with E-state index in [-0.39, 0.29) is 6.54 Å². The van der Waals surface area contributed by atoms with Crippen molar-refractivity contribution >= 4 is 35.0 Å². The van der Waals surface area contributed by atoms with Crippen LogP contribution in [0.5, 0.6) is 0 Å². The number of fused-ring (bicyclic) bond motifs is 1. The molecule has 2 aromatic carbocycles. The number of aromatic nitrogens is 3. The summed E-state index contributed by atoms with van der Waals surface area (Å²) in [6, 6.07) is 20.6. The van der Waals surface area contributed by atoms with Crippen molar-refractivity contribution in [2.75, 3.05) is 0 Å². The van der Waals surface area contributed by atoms with Crippen molar-refractivity contribution < 1.29 is 19.1 Å². The van der Waals surface area contributed by atoms with Gasteiger partial charge >= 0.3 is 12.2 Å². The highest BCUT2D eigenvalue weighted by Crippen LogP contribution is 2.31. The van der Waals surface area contributed by atoms with Gasteiger partial charge in [-0.3, -0.25) is 0 Å². The molecular formula is C30H31ClN4O4. The first-order valence-electron chi connectivity index (χ1n) is 12.5. The van der Waals surface area contributed by atoms with Gasteiger partial charge < -0.3 is 9.47 Å². The van der Waals surface area contributed by atoms with Crippen LogP contribution in [0, 0.1) is 0 Å². The van der Waals surface area contributed by atoms with Crippen LogP contribution in [0.3, 0.4) is 0 Å². The molecule has 39 heavy (non-hydrogen) atoms. The highest BCUT2D eigenvalue weighted by molar-refractivity contribution is 6.29. The normalized spacial score (nSPS) is 11.8. The van der Waals surface area contributed by atoms with Crippen molar-refractivity contribution in [2.24, 2.45) is 0 Å². The second-order valence-electron chi connectivity index (χ2n) is 11.0. The van der Waals surface area contributed by atoms with E-state index in [1.807, 2.05) is 54.6 Å². The van der Waals surface area contributed by atoms with Crippen molar-refractivity contribution in [1.82, 2.24) is 19.9 Å². The summed E-state index contributed by atoms with van der Waals surface area (Å²) < 4.78 is 10.9. The summed E-state index contributed by atoms with van der Waals surface area (Å²) in [5.41, 5.74) is 3.23. The lowest BCUT2D eigenvalue weighted by Crippen LogP contribution is -2.43. The van der Waals surface area contributed by atoms with Crippen LogP contribution in [-0.2, 0) is 16.0 Å². The third-order valence-corrected chi connectivity index (χ3v) is 5.55. The van der Waals surface area contributed by atoms with Crippen LogP contribution in [0.15, 0.2) is 66.7 Å². The summed E-state index contributed by atoms with van der Waals surface area (Å²) in [7, 11) is 0. The Hall–Kier alpha value is -4.04. The van der Waals surface area contributed by atoms with E-state index in [9.17, 15) is 9.59 Å². The highest BCUT2D eigenvalue weighted by atomic mass is 35.5. The predicted molar refractivity (Wildman–Crippen MR) is 151 cm³/mol. The van der Waals surface area contributed by atoms with Crippen molar-refractivity contribution in [1.29, 1.82) is 0 Å². The Kier molecular flexibility index (Phi) is 7.88. The maximum absolute atomic E-state index is 12.9. The van der Waals surface area contributed by atoms with E-state index in [4.69, 9.17) is 31.0 Å². The van der Waals surface area contributed by atoms with E-state index in [0.29, 0.717) is 33.3 Å². The van der Waals surface area contributed by atoms with Crippen molar-refractivity contribution in [3.05, 3.63) is 77.4 Å². The summed E-state index contributed by atoms with van der Waals surface area (Å²) in [6.07, 6.45) is -1.56. The topological polar surface area (TPSA) is 94.5 Å². The van der Waals surface area contributed by atoms with E-state index in [1.165, 1.54) is 0 Å². The number of rotatable bonds is 4. The van der Waals surface area contributed by atoms with Crippen LogP contribution in [0.25, 0.3) is 33.7 Å². The summed E-state index contributed by atoms with van der Waals surface area (Å²) in [6.45, 7) is 10.4. The molecule has 2 amide bonds. The Morgan fingerprint density at radius 1 is 0.718 bits per heavy atom. The largest absolute Gasteiger partial charge is 0.443 e. The first kappa shape index (κ1) is 28.0. The van der Waals surface area contributed by atoms with Crippen molar-refractivity contribution in [2.45, 2.75) is 59.3 Å². The fraction of sp³-hybridized carbons (Fsp3) is 0.300. The molecule has 0 saturated heterocycles. The third kappa shape index (κ3) is 7.29. The minimum absolute atomic E-state index is 0.0315. The zero-order chi connectivity index (χ0) is 28.4. The van der Waals surface area contributed by atoms with Crippen molar-refractivity contribution in [3.8, 4) is 22.5 Å². The zero-order valence-electron chi connectivity index (χ0n) is 22.9. The number of carbonyl (C=O) groups excluding carboxylic acids is 2. The number of pyridine rings is 1. The van der Waals surface area contributed by atoms with Gasteiger partial charge in [-0.15, -0.1) is 0 Å². The molecule has 0 atom stereocenters. The molecule has 2 heterocycles. The molecule has 4 aromatic rings. The molecule has 0 saturated carbocycles. The number of hydrogen-bond donors (Lipinski definition) is 0. The Balaban J connectivity index is 1.70. The molecule has 0 fully saturated rings. The third-order valence-electron chi connectivity index (χ3n) is 5.34. The van der Waals surface area contributed by atoms with Crippen LogP contribution < -0.4 is 0 Å². The van der Waals surface area contributed by atoms with E-state index in [2.05, 4.69) is 4.98 Å². The van der Waals surface area contributed by atoms with Gasteiger partial charge in [-0.05, 0) is 59.2 Å². The Morgan fingerprint density at radius 2 is 1.26 bits per heavy atom. The van der Waals surface area contributed by atoms with Gasteiger partial charge in [0.05, 0.1) is 17.9 Å². The number of nitrogens with zero attached hydrogens (tertiary/aromatic N) is 4. The molecule has 0 radical (unpaired) electrons. The SMILES string of the molecule is CC(C)(C)OC(=O)N(Cc1ccc(-c2nc3nc(Cl)ccc3nc2-c2ccccc2)cc1)C(=O)OC(C)(C)C. The van der Waals surface area contributed by atoms with E-state index < -0.39 is 23.4 Å². The Morgan fingerprint density at radius 3 is 1.82 bits per heavy atom. The molecule has 0 aliphatic rings. The quantitative estimate of drug-likeness (QED) is 0.242. The molecule has 0 bridgehead atoms.